The first-order chi connectivity index (χ1) is 36.8. The van der Waals surface area contributed by atoms with Crippen molar-refractivity contribution in [2.24, 2.45) is 21.2 Å². The van der Waals surface area contributed by atoms with Crippen LogP contribution < -0.4 is 14.8 Å². The summed E-state index contributed by atoms with van der Waals surface area (Å²) in [6.45, 7) is 15.6. The molecule has 4 fully saturated rings. The van der Waals surface area contributed by atoms with Crippen molar-refractivity contribution >= 4 is 39.7 Å². The molecule has 0 aromatic heterocycles. The Balaban J connectivity index is 0.000000134. The minimum absolute atomic E-state index is 0.134. The molecule has 4 saturated heterocycles. The number of likely N-dealkylation sites (tertiary alicyclic amines) is 2. The van der Waals surface area contributed by atoms with Gasteiger partial charge in [-0.25, -0.2) is 0 Å². The molecule has 0 bridgehead atoms. The highest BCUT2D eigenvalue weighted by molar-refractivity contribution is 9.09. The molecule has 3 spiro atoms. The summed E-state index contributed by atoms with van der Waals surface area (Å²) in [6, 6.07) is 27.5. The summed E-state index contributed by atoms with van der Waals surface area (Å²) in [5.41, 5.74) is 9.09. The molecular weight excluding hydrogens is 1030 g/mol. The van der Waals surface area contributed by atoms with Gasteiger partial charge in [-0.05, 0) is 154 Å². The maximum atomic E-state index is 11.4. The van der Waals surface area contributed by atoms with Crippen LogP contribution >= 0.6 is 15.9 Å². The van der Waals surface area contributed by atoms with E-state index in [-0.39, 0.29) is 29.3 Å². The average molecular weight is 1110 g/mol. The number of nitrogens with one attached hydrogen (secondary N) is 1. The second-order valence-electron chi connectivity index (χ2n) is 21.9. The van der Waals surface area contributed by atoms with Crippen molar-refractivity contribution in [1.82, 2.24) is 20.0 Å². The zero-order chi connectivity index (χ0) is 53.5. The van der Waals surface area contributed by atoms with Crippen LogP contribution in [0.1, 0.15) is 79.3 Å². The number of hydrogen-bond donors (Lipinski definition) is 4. The van der Waals surface area contributed by atoms with Gasteiger partial charge in [0.05, 0.1) is 32.1 Å². The Kier molecular flexibility index (Phi) is 19.8. The number of aliphatic carboxylic acids is 1. The Bertz CT molecular complexity index is 2610. The van der Waals surface area contributed by atoms with Crippen LogP contribution in [-0.2, 0) is 62.4 Å². The number of para-hydroxylation sites is 1. The van der Waals surface area contributed by atoms with Gasteiger partial charge < -0.3 is 44.5 Å². The molecule has 0 radical (unpaired) electrons. The van der Waals surface area contributed by atoms with Crippen molar-refractivity contribution in [3.05, 3.63) is 118 Å². The van der Waals surface area contributed by atoms with Gasteiger partial charge in [0.2, 0.25) is 0 Å². The van der Waals surface area contributed by atoms with Crippen LogP contribution in [0.25, 0.3) is 0 Å². The predicted molar refractivity (Wildman–Crippen MR) is 297 cm³/mol. The highest BCUT2D eigenvalue weighted by Gasteiger charge is 2.48. The molecular formula is C60H78BrN5O10. The van der Waals surface area contributed by atoms with Crippen LogP contribution in [0.3, 0.4) is 0 Å². The van der Waals surface area contributed by atoms with Gasteiger partial charge in [0.15, 0.2) is 0 Å². The number of phenolic OH excluding ortho intramolecular Hbond substituents is 2. The molecule has 4 N–H and O–H groups in total. The smallest absolute Gasteiger partial charge is 0.320 e. The molecule has 15 nitrogen and oxygen atoms in total. The number of carbonyl (C=O) groups excluding carboxylic acids is 2. The molecule has 8 aliphatic rings. The molecule has 0 saturated carbocycles. The summed E-state index contributed by atoms with van der Waals surface area (Å²) in [4.78, 5) is 43.6. The molecule has 5 aliphatic heterocycles. The summed E-state index contributed by atoms with van der Waals surface area (Å²) in [6.07, 6.45) is 13.1. The van der Waals surface area contributed by atoms with Crippen LogP contribution in [0, 0.1) is 16.2 Å². The van der Waals surface area contributed by atoms with E-state index in [1.165, 1.54) is 90.8 Å². The quantitative estimate of drug-likeness (QED) is 0.0616. The number of fused-ring (bicyclic) bond motifs is 4. The Labute approximate surface area is 457 Å². The van der Waals surface area contributed by atoms with E-state index < -0.39 is 5.97 Å². The number of halogens is 1. The maximum absolute atomic E-state index is 11.4. The molecule has 0 amide bonds. The molecule has 12 rings (SSSR count). The minimum Gasteiger partial charge on any atom is -0.508 e. The lowest BCUT2D eigenvalue weighted by Crippen LogP contribution is -2.58. The number of amidine groups is 1. The number of phenols is 2. The van der Waals surface area contributed by atoms with E-state index in [0.717, 1.165) is 89.4 Å². The fourth-order valence-corrected chi connectivity index (χ4v) is 12.5. The number of aliphatic imine (C=N–C) groups is 1. The van der Waals surface area contributed by atoms with Gasteiger partial charge in [-0.3, -0.25) is 29.2 Å². The van der Waals surface area contributed by atoms with Gasteiger partial charge in [-0.1, -0.05) is 58.7 Å². The lowest BCUT2D eigenvalue weighted by molar-refractivity contribution is -0.148. The van der Waals surface area contributed by atoms with Crippen molar-refractivity contribution in [2.75, 3.05) is 104 Å². The summed E-state index contributed by atoms with van der Waals surface area (Å²) in [5, 5.41) is 31.4. The van der Waals surface area contributed by atoms with E-state index >= 15 is 0 Å². The second-order valence-corrected chi connectivity index (χ2v) is 22.4. The van der Waals surface area contributed by atoms with Gasteiger partial charge >= 0.3 is 17.9 Å². The second kappa shape index (κ2) is 26.6. The van der Waals surface area contributed by atoms with Crippen molar-refractivity contribution < 1.29 is 48.7 Å². The molecule has 76 heavy (non-hydrogen) atoms. The van der Waals surface area contributed by atoms with E-state index in [2.05, 4.69) is 59.0 Å². The fourth-order valence-electron chi connectivity index (χ4n) is 12.3. The highest BCUT2D eigenvalue weighted by atomic mass is 79.9. The predicted octanol–water partition coefficient (Wildman–Crippen LogP) is 7.67. The molecule has 0 atom stereocenters. The van der Waals surface area contributed by atoms with Crippen LogP contribution in [0.2, 0.25) is 0 Å². The third-order valence-corrected chi connectivity index (χ3v) is 16.0. The minimum atomic E-state index is -0.747. The first-order valence-electron chi connectivity index (χ1n) is 27.3. The van der Waals surface area contributed by atoms with Crippen LogP contribution in [0.15, 0.2) is 89.9 Å². The van der Waals surface area contributed by atoms with Crippen molar-refractivity contribution in [2.45, 2.75) is 84.5 Å². The maximum Gasteiger partial charge on any atom is 0.320 e. The number of nitrogens with zero attached hydrogens (tertiary/aromatic N) is 4. The third-order valence-electron chi connectivity index (χ3n) is 15.6. The topological polar surface area (TPSA) is 183 Å². The Morgan fingerprint density at radius 1 is 0.605 bits per heavy atom. The molecule has 4 aromatic rings. The normalized spacial score (nSPS) is 19.4. The number of esters is 2. The molecule has 410 valence electrons. The number of rotatable bonds is 12. The van der Waals surface area contributed by atoms with E-state index in [4.69, 9.17) is 19.3 Å². The SMILES string of the molecule is C1CCC2=NCCCN2CC1.CCOC(=O)CBr.CCOC(=O)CN1CC2(Cc3ccc(O)cc3C2)C1.O=C(O)CN1CC2(Cc3ccc(OCCOc4ccccc4)cc3C2)C1.Oc1ccc2c(c1)CC1(CNC1)C2. The lowest BCUT2D eigenvalue weighted by Gasteiger charge is -2.47. The number of alkyl halides is 1. The van der Waals surface area contributed by atoms with Crippen LogP contribution in [0.5, 0.6) is 23.0 Å². The van der Waals surface area contributed by atoms with Crippen LogP contribution in [-0.4, -0.2) is 158 Å². The summed E-state index contributed by atoms with van der Waals surface area (Å²) < 4.78 is 20.9. The third kappa shape index (κ3) is 15.5. The highest BCUT2D eigenvalue weighted by Crippen LogP contribution is 2.46. The largest absolute Gasteiger partial charge is 0.508 e. The summed E-state index contributed by atoms with van der Waals surface area (Å²) in [5.74, 6) is 2.79. The van der Waals surface area contributed by atoms with Gasteiger partial charge in [0, 0.05) is 81.6 Å². The summed E-state index contributed by atoms with van der Waals surface area (Å²) in [7, 11) is 0. The number of carboxylic acids is 1. The Hall–Kier alpha value is -5.68. The van der Waals surface area contributed by atoms with E-state index in [0.29, 0.717) is 55.2 Å². The average Bonchev–Trinajstić information content (AvgIpc) is 4.04. The fraction of sp³-hybridized carbons (Fsp3) is 0.533. The number of benzene rings is 4. The first-order valence-corrected chi connectivity index (χ1v) is 28.5. The number of aromatic hydroxyl groups is 2. The van der Waals surface area contributed by atoms with E-state index in [9.17, 15) is 24.6 Å². The number of hydrogen-bond acceptors (Lipinski definition) is 14. The molecule has 5 heterocycles. The number of carboxylic acid groups (broad SMARTS) is 1. The van der Waals surface area contributed by atoms with Crippen molar-refractivity contribution in [3.63, 3.8) is 0 Å². The first kappa shape index (κ1) is 56.5. The van der Waals surface area contributed by atoms with E-state index in [1.807, 2.05) is 66.4 Å². The monoisotopic (exact) mass is 1110 g/mol. The van der Waals surface area contributed by atoms with Gasteiger partial charge in [-0.15, -0.1) is 0 Å². The molecule has 4 aromatic carbocycles. The van der Waals surface area contributed by atoms with Gasteiger partial charge in [-0.2, -0.15) is 0 Å². The zero-order valence-electron chi connectivity index (χ0n) is 44.5. The number of ether oxygens (including phenoxy) is 4. The Morgan fingerprint density at radius 2 is 1.13 bits per heavy atom. The zero-order valence-corrected chi connectivity index (χ0v) is 46.1. The molecule has 3 aliphatic carbocycles. The van der Waals surface area contributed by atoms with Crippen LogP contribution in [0.4, 0.5) is 0 Å². The number of carbonyl (C=O) groups is 3. The Morgan fingerprint density at radius 3 is 1.70 bits per heavy atom. The van der Waals surface area contributed by atoms with Crippen molar-refractivity contribution in [1.29, 1.82) is 0 Å². The van der Waals surface area contributed by atoms with Gasteiger partial charge in [0.1, 0.15) is 41.5 Å². The lowest BCUT2D eigenvalue weighted by atomic mass is 9.77. The standard InChI is InChI=1S/C21H23NO4.C15H19NO3.C11H13NO.C9H16N2.C4H7BrO2/c23-20(24)13-22-14-21(15-22)11-16-6-7-19(10-17(16)12-21)26-9-8-25-18-4-2-1-3-5-18;1-2-19-14(18)8-16-9-15(10-16)6-11-3-4-13(17)5-12(11)7-15;13-10-2-1-8-4-11(6-12-7-11)5-9(8)3-10;1-2-5-9-10-6-4-8-11(9)7-3-1;1-2-7-4(6)3-5/h1-7,10H,8-9,11-15H2,(H,23,24);3-5,17H,2,6-10H2,1H3;1-3,12-13H,4-7H2;1-8H2;2-3H2,1H3. The van der Waals surface area contributed by atoms with Crippen molar-refractivity contribution in [3.8, 4) is 23.0 Å². The van der Waals surface area contributed by atoms with E-state index in [1.54, 1.807) is 19.1 Å². The molecule has 16 heteroatoms. The summed E-state index contributed by atoms with van der Waals surface area (Å²) >= 11 is 2.94. The molecule has 0 unspecified atom stereocenters. The van der Waals surface area contributed by atoms with Gasteiger partial charge in [0.25, 0.3) is 0 Å².